The van der Waals surface area contributed by atoms with E-state index in [0.717, 1.165) is 11.1 Å². The molecular weight excluding hydrogens is 378 g/mol. The van der Waals surface area contributed by atoms with Crippen molar-refractivity contribution in [3.63, 3.8) is 0 Å². The number of nitrogens with one attached hydrogen (secondary N) is 1. The number of amides is 1. The minimum atomic E-state index is -3.51. The lowest BCUT2D eigenvalue weighted by atomic mass is 10.0. The van der Waals surface area contributed by atoms with E-state index in [1.165, 1.54) is 12.1 Å². The van der Waals surface area contributed by atoms with E-state index in [4.69, 9.17) is 9.47 Å². The third-order valence-corrected chi connectivity index (χ3v) is 6.50. The van der Waals surface area contributed by atoms with Gasteiger partial charge >= 0.3 is 0 Å². The predicted octanol–water partition coefficient (Wildman–Crippen LogP) is 3.69. The second-order valence-corrected chi connectivity index (χ2v) is 8.65. The Labute approximate surface area is 166 Å². The zero-order valence-corrected chi connectivity index (χ0v) is 17.7. The van der Waals surface area contributed by atoms with Crippen LogP contribution in [0.3, 0.4) is 0 Å². The number of carbonyl (C=O) groups excluding carboxylic acids is 1. The molecule has 0 heterocycles. The van der Waals surface area contributed by atoms with Crippen molar-refractivity contribution >= 4 is 15.7 Å². The van der Waals surface area contributed by atoms with E-state index >= 15 is 0 Å². The average molecular weight is 406 g/mol. The highest BCUT2D eigenvalue weighted by atomic mass is 32.2. The van der Waals surface area contributed by atoms with Crippen LogP contribution in [0.4, 0.5) is 0 Å². The molecule has 2 aromatic rings. The van der Waals surface area contributed by atoms with Gasteiger partial charge in [0.15, 0.2) is 21.3 Å². The molecule has 7 heteroatoms. The van der Waals surface area contributed by atoms with Gasteiger partial charge in [0.25, 0.3) is 5.91 Å². The first-order chi connectivity index (χ1) is 13.2. The zero-order chi connectivity index (χ0) is 20.9. The molecule has 0 saturated carbocycles. The van der Waals surface area contributed by atoms with Crippen LogP contribution in [0.2, 0.25) is 0 Å². The molecule has 0 bridgehead atoms. The monoisotopic (exact) mass is 405 g/mol. The molecule has 0 unspecified atom stereocenters. The molecule has 152 valence electrons. The molecule has 0 radical (unpaired) electrons. The molecule has 0 spiro atoms. The number of ether oxygens (including phenoxy) is 2. The van der Waals surface area contributed by atoms with E-state index in [0.29, 0.717) is 17.9 Å². The predicted molar refractivity (Wildman–Crippen MR) is 109 cm³/mol. The van der Waals surface area contributed by atoms with Crippen molar-refractivity contribution in [2.45, 2.75) is 38.1 Å². The Morgan fingerprint density at radius 3 is 2.32 bits per heavy atom. The largest absolute Gasteiger partial charge is 0.493 e. The van der Waals surface area contributed by atoms with E-state index < -0.39 is 15.7 Å². The Balaban J connectivity index is 2.34. The molecule has 0 aliphatic heterocycles. The Morgan fingerprint density at radius 2 is 1.71 bits per heavy atom. The van der Waals surface area contributed by atoms with Crippen LogP contribution < -0.4 is 14.8 Å². The van der Waals surface area contributed by atoms with Crippen LogP contribution >= 0.6 is 0 Å². The van der Waals surface area contributed by atoms with Gasteiger partial charge in [-0.3, -0.25) is 4.79 Å². The van der Waals surface area contributed by atoms with Gasteiger partial charge in [-0.2, -0.15) is 0 Å². The minimum Gasteiger partial charge on any atom is -0.493 e. The highest BCUT2D eigenvalue weighted by Crippen LogP contribution is 2.33. The molecule has 2 rings (SSSR count). The van der Waals surface area contributed by atoms with E-state index in [1.807, 2.05) is 26.0 Å². The maximum atomic E-state index is 12.9. The second kappa shape index (κ2) is 9.10. The minimum absolute atomic E-state index is 0.00162. The van der Waals surface area contributed by atoms with Crippen molar-refractivity contribution in [2.24, 2.45) is 0 Å². The first-order valence-electron chi connectivity index (χ1n) is 9.10. The maximum Gasteiger partial charge on any atom is 0.253 e. The van der Waals surface area contributed by atoms with Crippen LogP contribution in [0.15, 0.2) is 41.3 Å². The molecule has 28 heavy (non-hydrogen) atoms. The summed E-state index contributed by atoms with van der Waals surface area (Å²) in [5.41, 5.74) is 1.94. The van der Waals surface area contributed by atoms with Crippen molar-refractivity contribution in [1.29, 1.82) is 0 Å². The number of benzene rings is 2. The fourth-order valence-corrected chi connectivity index (χ4v) is 4.66. The van der Waals surface area contributed by atoms with Crippen LogP contribution in [0, 0.1) is 6.92 Å². The van der Waals surface area contributed by atoms with Crippen molar-refractivity contribution in [2.75, 3.05) is 20.0 Å². The highest BCUT2D eigenvalue weighted by molar-refractivity contribution is 7.91. The normalized spacial score (nSPS) is 12.3. The number of sulfone groups is 1. The fourth-order valence-electron chi connectivity index (χ4n) is 3.12. The third-order valence-electron chi connectivity index (χ3n) is 4.53. The van der Waals surface area contributed by atoms with Gasteiger partial charge in [-0.1, -0.05) is 19.1 Å². The van der Waals surface area contributed by atoms with Crippen molar-refractivity contribution < 1.29 is 22.7 Å². The molecule has 1 N–H and O–H groups in total. The summed E-state index contributed by atoms with van der Waals surface area (Å²) in [6.07, 6.45) is 0.486. The van der Waals surface area contributed by atoms with Crippen LogP contribution in [0.5, 0.6) is 11.5 Å². The molecule has 2 aromatic carbocycles. The number of hydrogen-bond acceptors (Lipinski definition) is 5. The fraction of sp³-hybridized carbons (Fsp3) is 0.381. The highest BCUT2D eigenvalue weighted by Gasteiger charge is 2.23. The second-order valence-electron chi connectivity index (χ2n) is 6.57. The Bertz CT molecular complexity index is 953. The van der Waals surface area contributed by atoms with Gasteiger partial charge in [-0.15, -0.1) is 0 Å². The number of aryl methyl sites for hydroxylation is 1. The van der Waals surface area contributed by atoms with E-state index in [9.17, 15) is 13.2 Å². The molecule has 1 amide bonds. The molecule has 0 saturated heterocycles. The number of hydrogen-bond donors (Lipinski definition) is 1. The SMILES string of the molecule is CCCS(=O)(=O)c1ccccc1C(=O)N[C@H](C)c1cc(OC)c(OC)cc1C. The number of carbonyl (C=O) groups is 1. The van der Waals surface area contributed by atoms with Gasteiger partial charge < -0.3 is 14.8 Å². The Kier molecular flexibility index (Phi) is 7.07. The molecule has 0 fully saturated rings. The summed E-state index contributed by atoms with van der Waals surface area (Å²) in [5.74, 6) is 0.743. The van der Waals surface area contributed by atoms with Crippen LogP contribution in [-0.4, -0.2) is 34.3 Å². The zero-order valence-electron chi connectivity index (χ0n) is 16.9. The molecule has 0 aromatic heterocycles. The van der Waals surface area contributed by atoms with Crippen LogP contribution in [0.25, 0.3) is 0 Å². The van der Waals surface area contributed by atoms with Crippen molar-refractivity contribution in [3.05, 3.63) is 53.1 Å². The van der Waals surface area contributed by atoms with Gasteiger partial charge in [0.05, 0.1) is 36.5 Å². The standard InChI is InChI=1S/C21H27NO5S/c1-6-11-28(24,25)20-10-8-7-9-16(20)21(23)22-15(3)17-13-19(27-5)18(26-4)12-14(17)2/h7-10,12-13,15H,6,11H2,1-5H3,(H,22,23)/t15-/m1/s1. The number of rotatable bonds is 8. The summed E-state index contributed by atoms with van der Waals surface area (Å²) >= 11 is 0. The average Bonchev–Trinajstić information content (AvgIpc) is 2.67. The lowest BCUT2D eigenvalue weighted by molar-refractivity contribution is 0.0936. The van der Waals surface area contributed by atoms with Crippen molar-refractivity contribution in [3.8, 4) is 11.5 Å². The van der Waals surface area contributed by atoms with E-state index in [2.05, 4.69) is 5.32 Å². The van der Waals surface area contributed by atoms with Gasteiger partial charge in [0.1, 0.15) is 0 Å². The maximum absolute atomic E-state index is 12.9. The Hall–Kier alpha value is -2.54. The quantitative estimate of drug-likeness (QED) is 0.724. The summed E-state index contributed by atoms with van der Waals surface area (Å²) < 4.78 is 35.7. The Morgan fingerprint density at radius 1 is 1.11 bits per heavy atom. The topological polar surface area (TPSA) is 81.7 Å². The molecule has 0 aliphatic rings. The van der Waals surface area contributed by atoms with Crippen LogP contribution in [-0.2, 0) is 9.84 Å². The summed E-state index contributed by atoms with van der Waals surface area (Å²) in [4.78, 5) is 12.9. The lowest BCUT2D eigenvalue weighted by Crippen LogP contribution is -2.28. The molecule has 6 nitrogen and oxygen atoms in total. The van der Waals surface area contributed by atoms with Crippen molar-refractivity contribution in [1.82, 2.24) is 5.32 Å². The smallest absolute Gasteiger partial charge is 0.253 e. The first kappa shape index (κ1) is 21.8. The van der Waals surface area contributed by atoms with E-state index in [-0.39, 0.29) is 22.3 Å². The molecular formula is C21H27NO5S. The summed E-state index contributed by atoms with van der Waals surface area (Å²) in [6, 6.07) is 9.61. The van der Waals surface area contributed by atoms with Gasteiger partial charge in [0.2, 0.25) is 0 Å². The van der Waals surface area contributed by atoms with E-state index in [1.54, 1.807) is 33.3 Å². The summed E-state index contributed by atoms with van der Waals surface area (Å²) in [6.45, 7) is 5.55. The molecule has 1 atom stereocenters. The summed E-state index contributed by atoms with van der Waals surface area (Å²) in [7, 11) is -0.396. The number of methoxy groups -OCH3 is 2. The van der Waals surface area contributed by atoms with Gasteiger partial charge in [-0.05, 0) is 55.7 Å². The van der Waals surface area contributed by atoms with Crippen LogP contribution in [0.1, 0.15) is 47.8 Å². The first-order valence-corrected chi connectivity index (χ1v) is 10.8. The third kappa shape index (κ3) is 4.65. The lowest BCUT2D eigenvalue weighted by Gasteiger charge is -2.20. The van der Waals surface area contributed by atoms with Gasteiger partial charge in [0, 0.05) is 0 Å². The summed E-state index contributed by atoms with van der Waals surface area (Å²) in [5, 5.41) is 2.90. The molecule has 0 aliphatic carbocycles. The van der Waals surface area contributed by atoms with Gasteiger partial charge in [-0.25, -0.2) is 8.42 Å².